The number of nitrogens with two attached hydrogens (primary N) is 1. The predicted molar refractivity (Wildman–Crippen MR) is 45.6 cm³/mol. The molecule has 0 fully saturated rings. The molecule has 4 nitrogen and oxygen atoms in total. The van der Waals surface area contributed by atoms with Crippen LogP contribution >= 0.6 is 0 Å². The molecule has 0 aliphatic heterocycles. The number of allylic oxidation sites excluding steroid dienone is 4. The van der Waals surface area contributed by atoms with E-state index in [1.807, 2.05) is 0 Å². The number of hydrazone groups is 1. The lowest BCUT2D eigenvalue weighted by Gasteiger charge is -2.11. The van der Waals surface area contributed by atoms with Gasteiger partial charge in [-0.25, -0.2) is 0 Å². The van der Waals surface area contributed by atoms with Crippen molar-refractivity contribution in [3.8, 4) is 0 Å². The first kappa shape index (κ1) is 8.52. The Morgan fingerprint density at radius 2 is 2.42 bits per heavy atom. The molecule has 0 aromatic rings. The minimum absolute atomic E-state index is 0.0386. The van der Waals surface area contributed by atoms with Crippen LogP contribution in [0, 0.1) is 5.92 Å². The fraction of sp³-hybridized carbons (Fsp3) is 0.250. The second-order valence-electron chi connectivity index (χ2n) is 2.50. The zero-order chi connectivity index (χ0) is 8.97. The van der Waals surface area contributed by atoms with E-state index in [1.165, 1.54) is 0 Å². The normalized spacial score (nSPS) is 24.7. The molecule has 12 heavy (non-hydrogen) atoms. The highest BCUT2D eigenvalue weighted by Gasteiger charge is 2.15. The van der Waals surface area contributed by atoms with Crippen molar-refractivity contribution in [1.82, 2.24) is 0 Å². The summed E-state index contributed by atoms with van der Waals surface area (Å²) >= 11 is 0. The van der Waals surface area contributed by atoms with Gasteiger partial charge in [0.1, 0.15) is 0 Å². The van der Waals surface area contributed by atoms with Crippen molar-refractivity contribution in [3.05, 3.63) is 24.3 Å². The van der Waals surface area contributed by atoms with Crippen molar-refractivity contribution in [3.63, 3.8) is 0 Å². The van der Waals surface area contributed by atoms with Crippen LogP contribution in [0.25, 0.3) is 0 Å². The quantitative estimate of drug-likeness (QED) is 0.463. The molecule has 0 saturated heterocycles. The van der Waals surface area contributed by atoms with Crippen molar-refractivity contribution < 1.29 is 9.90 Å². The molecular weight excluding hydrogens is 156 g/mol. The van der Waals surface area contributed by atoms with Crippen LogP contribution in [0.2, 0.25) is 0 Å². The van der Waals surface area contributed by atoms with Crippen LogP contribution < -0.4 is 5.84 Å². The van der Waals surface area contributed by atoms with Crippen LogP contribution in [0.15, 0.2) is 29.4 Å². The van der Waals surface area contributed by atoms with E-state index in [4.69, 9.17) is 10.9 Å². The Labute approximate surface area is 70.1 Å². The number of carboxylic acids is 1. The average Bonchev–Trinajstić information content (AvgIpc) is 2.04. The van der Waals surface area contributed by atoms with E-state index in [1.54, 1.807) is 24.3 Å². The molecule has 1 aliphatic carbocycles. The van der Waals surface area contributed by atoms with Gasteiger partial charge in [-0.05, 0) is 6.08 Å². The number of nitrogens with zero attached hydrogens (tertiary/aromatic N) is 1. The van der Waals surface area contributed by atoms with Crippen molar-refractivity contribution in [2.75, 3.05) is 0 Å². The molecule has 0 heterocycles. The molecule has 0 radical (unpaired) electrons. The highest BCUT2D eigenvalue weighted by atomic mass is 16.4. The maximum atomic E-state index is 10.4. The summed E-state index contributed by atoms with van der Waals surface area (Å²) in [5.41, 5.74) is 0.611. The summed E-state index contributed by atoms with van der Waals surface area (Å²) in [5, 5.41) is 12.0. The molecule has 64 valence electrons. The SMILES string of the molecule is N/N=C1\C=CC=CC1CC(=O)O. The zero-order valence-corrected chi connectivity index (χ0v) is 6.47. The molecule has 4 heteroatoms. The van der Waals surface area contributed by atoms with Gasteiger partial charge in [0.05, 0.1) is 12.1 Å². The van der Waals surface area contributed by atoms with Gasteiger partial charge in [0.2, 0.25) is 0 Å². The molecule has 1 aliphatic rings. The van der Waals surface area contributed by atoms with Crippen LogP contribution in [-0.4, -0.2) is 16.8 Å². The Hall–Kier alpha value is -1.58. The lowest BCUT2D eigenvalue weighted by Crippen LogP contribution is -2.17. The Balaban J connectivity index is 2.70. The highest BCUT2D eigenvalue weighted by molar-refractivity contribution is 6.00. The number of rotatable bonds is 2. The fourth-order valence-corrected chi connectivity index (χ4v) is 1.07. The lowest BCUT2D eigenvalue weighted by atomic mass is 9.95. The number of carbonyl (C=O) groups is 1. The Bertz CT molecular complexity index is 266. The molecule has 0 spiro atoms. The number of aliphatic carboxylic acids is 1. The first-order valence-corrected chi connectivity index (χ1v) is 3.58. The molecule has 0 aromatic heterocycles. The minimum atomic E-state index is -0.846. The topological polar surface area (TPSA) is 75.7 Å². The van der Waals surface area contributed by atoms with Gasteiger partial charge in [-0.15, -0.1) is 0 Å². The summed E-state index contributed by atoms with van der Waals surface area (Å²) in [5.74, 6) is 4.05. The van der Waals surface area contributed by atoms with Gasteiger partial charge in [-0.1, -0.05) is 18.2 Å². The van der Waals surface area contributed by atoms with Crippen LogP contribution in [0.5, 0.6) is 0 Å². The molecule has 0 saturated carbocycles. The number of carboxylic acid groups (broad SMARTS) is 1. The van der Waals surface area contributed by atoms with Gasteiger partial charge in [0.15, 0.2) is 0 Å². The van der Waals surface area contributed by atoms with Crippen molar-refractivity contribution in [2.24, 2.45) is 16.9 Å². The lowest BCUT2D eigenvalue weighted by molar-refractivity contribution is -0.137. The zero-order valence-electron chi connectivity index (χ0n) is 6.47. The van der Waals surface area contributed by atoms with Gasteiger partial charge in [-0.3, -0.25) is 4.79 Å². The second-order valence-corrected chi connectivity index (χ2v) is 2.50. The van der Waals surface area contributed by atoms with E-state index < -0.39 is 5.97 Å². The highest BCUT2D eigenvalue weighted by Crippen LogP contribution is 2.12. The largest absolute Gasteiger partial charge is 0.481 e. The summed E-state index contributed by atoms with van der Waals surface area (Å²) in [4.78, 5) is 10.4. The van der Waals surface area contributed by atoms with Gasteiger partial charge >= 0.3 is 5.97 Å². The molecule has 1 rings (SSSR count). The smallest absolute Gasteiger partial charge is 0.304 e. The third kappa shape index (κ3) is 1.95. The van der Waals surface area contributed by atoms with Crippen molar-refractivity contribution in [1.29, 1.82) is 0 Å². The first-order valence-electron chi connectivity index (χ1n) is 3.58. The predicted octanol–water partition coefficient (Wildman–Crippen LogP) is 0.518. The Morgan fingerprint density at radius 1 is 1.67 bits per heavy atom. The molecule has 3 N–H and O–H groups in total. The average molecular weight is 166 g/mol. The van der Waals surface area contributed by atoms with E-state index in [0.717, 1.165) is 0 Å². The third-order valence-corrected chi connectivity index (χ3v) is 1.65. The number of hydrogen-bond donors (Lipinski definition) is 2. The van der Waals surface area contributed by atoms with E-state index >= 15 is 0 Å². The summed E-state index contributed by atoms with van der Waals surface area (Å²) in [7, 11) is 0. The van der Waals surface area contributed by atoms with E-state index in [-0.39, 0.29) is 12.3 Å². The maximum absolute atomic E-state index is 10.4. The Kier molecular flexibility index (Phi) is 2.63. The van der Waals surface area contributed by atoms with E-state index in [0.29, 0.717) is 5.71 Å². The van der Waals surface area contributed by atoms with Crippen molar-refractivity contribution >= 4 is 11.7 Å². The van der Waals surface area contributed by atoms with Crippen LogP contribution in [0.1, 0.15) is 6.42 Å². The molecule has 1 unspecified atom stereocenters. The van der Waals surface area contributed by atoms with Crippen molar-refractivity contribution in [2.45, 2.75) is 6.42 Å². The molecule has 0 aromatic carbocycles. The Morgan fingerprint density at radius 3 is 3.00 bits per heavy atom. The van der Waals surface area contributed by atoms with Gasteiger partial charge in [0.25, 0.3) is 0 Å². The second kappa shape index (κ2) is 3.71. The monoisotopic (exact) mass is 166 g/mol. The summed E-state index contributed by atoms with van der Waals surface area (Å²) in [6.45, 7) is 0. The van der Waals surface area contributed by atoms with Gasteiger partial charge in [-0.2, -0.15) is 5.10 Å². The minimum Gasteiger partial charge on any atom is -0.481 e. The van der Waals surface area contributed by atoms with Crippen LogP contribution in [-0.2, 0) is 4.79 Å². The van der Waals surface area contributed by atoms with Gasteiger partial charge < -0.3 is 10.9 Å². The summed E-state index contributed by atoms with van der Waals surface area (Å²) in [6, 6.07) is 0. The molecular formula is C8H10N2O2. The van der Waals surface area contributed by atoms with Crippen LogP contribution in [0.4, 0.5) is 0 Å². The van der Waals surface area contributed by atoms with Crippen LogP contribution in [0.3, 0.4) is 0 Å². The third-order valence-electron chi connectivity index (χ3n) is 1.65. The van der Waals surface area contributed by atoms with Gasteiger partial charge in [0, 0.05) is 5.92 Å². The van der Waals surface area contributed by atoms with E-state index in [9.17, 15) is 4.79 Å². The first-order chi connectivity index (χ1) is 5.74. The molecule has 0 bridgehead atoms. The standard InChI is InChI=1S/C8H10N2O2/c9-10-7-4-2-1-3-6(7)5-8(11)12/h1-4,6H,5,9H2,(H,11,12)/b10-7+. The summed E-state index contributed by atoms with van der Waals surface area (Å²) in [6.07, 6.45) is 7.11. The summed E-state index contributed by atoms with van der Waals surface area (Å²) < 4.78 is 0. The molecule has 1 atom stereocenters. The number of hydrogen-bond acceptors (Lipinski definition) is 3. The maximum Gasteiger partial charge on any atom is 0.304 e. The van der Waals surface area contributed by atoms with E-state index in [2.05, 4.69) is 5.10 Å². The molecule has 0 amide bonds. The fourth-order valence-electron chi connectivity index (χ4n) is 1.07.